The number of anilines is 3. The lowest BCUT2D eigenvalue weighted by Crippen LogP contribution is -2.12. The van der Waals surface area contributed by atoms with E-state index in [-0.39, 0.29) is 0 Å². The van der Waals surface area contributed by atoms with Crippen LogP contribution in [0.15, 0.2) is 60.9 Å². The number of ether oxygens (including phenoxy) is 2. The Morgan fingerprint density at radius 1 is 0.963 bits per heavy atom. The maximum absolute atomic E-state index is 8.84. The van der Waals surface area contributed by atoms with Gasteiger partial charge in [0.25, 0.3) is 0 Å². The fraction of sp³-hybridized carbons (Fsp3) is 0.150. The van der Waals surface area contributed by atoms with Crippen molar-refractivity contribution in [2.24, 2.45) is 0 Å². The average Bonchev–Trinajstić information content (AvgIpc) is 2.72. The van der Waals surface area contributed by atoms with Crippen LogP contribution in [0.3, 0.4) is 0 Å². The summed E-state index contributed by atoms with van der Waals surface area (Å²) in [5.41, 5.74) is 1.46. The summed E-state index contributed by atoms with van der Waals surface area (Å²) in [6.45, 7) is 1.09. The van der Waals surface area contributed by atoms with Crippen molar-refractivity contribution in [1.29, 1.82) is 5.26 Å². The molecule has 0 unspecified atom stereocenters. The molecule has 7 heteroatoms. The average molecular weight is 361 g/mol. The van der Waals surface area contributed by atoms with Crippen LogP contribution in [0.1, 0.15) is 5.56 Å². The number of nitrogens with zero attached hydrogens (tertiary/aromatic N) is 3. The molecule has 0 bridgehead atoms. The normalized spacial score (nSPS) is 9.93. The molecule has 0 spiro atoms. The molecule has 0 aliphatic heterocycles. The summed E-state index contributed by atoms with van der Waals surface area (Å²) in [6.07, 6.45) is 1.48. The Morgan fingerprint density at radius 3 is 2.37 bits per heavy atom. The van der Waals surface area contributed by atoms with Crippen LogP contribution in [0.4, 0.5) is 17.3 Å². The SMILES string of the molecule is COc1ccc(OCCNc2cc(Nc3ccc(C#N)cc3)ncn2)cc1. The fourth-order valence-corrected chi connectivity index (χ4v) is 2.32. The molecular formula is C20H19N5O2. The second-order valence-corrected chi connectivity index (χ2v) is 5.55. The van der Waals surface area contributed by atoms with Gasteiger partial charge in [-0.15, -0.1) is 0 Å². The third-order valence-electron chi connectivity index (χ3n) is 3.69. The molecule has 3 aromatic rings. The van der Waals surface area contributed by atoms with Gasteiger partial charge >= 0.3 is 0 Å². The van der Waals surface area contributed by atoms with E-state index in [0.29, 0.717) is 30.4 Å². The summed E-state index contributed by atoms with van der Waals surface area (Å²) >= 11 is 0. The number of methoxy groups -OCH3 is 1. The van der Waals surface area contributed by atoms with Crippen molar-refractivity contribution < 1.29 is 9.47 Å². The van der Waals surface area contributed by atoms with Crippen molar-refractivity contribution >= 4 is 17.3 Å². The number of nitrogens with one attached hydrogen (secondary N) is 2. The second kappa shape index (κ2) is 9.06. The first kappa shape index (κ1) is 18.0. The molecule has 0 atom stereocenters. The molecule has 0 aliphatic rings. The van der Waals surface area contributed by atoms with Gasteiger partial charge in [-0.3, -0.25) is 0 Å². The molecule has 0 radical (unpaired) electrons. The lowest BCUT2D eigenvalue weighted by atomic mass is 10.2. The van der Waals surface area contributed by atoms with Crippen LogP contribution in [-0.4, -0.2) is 30.2 Å². The van der Waals surface area contributed by atoms with Crippen molar-refractivity contribution in [1.82, 2.24) is 9.97 Å². The summed E-state index contributed by atoms with van der Waals surface area (Å²) < 4.78 is 10.8. The topological polar surface area (TPSA) is 92.1 Å². The van der Waals surface area contributed by atoms with Gasteiger partial charge in [-0.25, -0.2) is 9.97 Å². The molecule has 1 heterocycles. The molecule has 136 valence electrons. The Bertz CT molecular complexity index is 905. The maximum Gasteiger partial charge on any atom is 0.135 e. The Hall–Kier alpha value is -3.79. The Balaban J connectivity index is 1.48. The van der Waals surface area contributed by atoms with E-state index in [1.807, 2.05) is 42.5 Å². The monoisotopic (exact) mass is 361 g/mol. The molecule has 3 rings (SSSR count). The first-order valence-corrected chi connectivity index (χ1v) is 8.37. The molecule has 0 saturated heterocycles. The molecule has 2 aromatic carbocycles. The number of rotatable bonds is 8. The van der Waals surface area contributed by atoms with E-state index in [1.165, 1.54) is 6.33 Å². The van der Waals surface area contributed by atoms with E-state index in [1.54, 1.807) is 19.2 Å². The van der Waals surface area contributed by atoms with Crippen molar-refractivity contribution in [3.05, 3.63) is 66.5 Å². The smallest absolute Gasteiger partial charge is 0.135 e. The van der Waals surface area contributed by atoms with Crippen LogP contribution in [0.5, 0.6) is 11.5 Å². The van der Waals surface area contributed by atoms with E-state index >= 15 is 0 Å². The summed E-state index contributed by atoms with van der Waals surface area (Å²) in [6, 6.07) is 18.5. The molecule has 27 heavy (non-hydrogen) atoms. The van der Waals surface area contributed by atoms with Gasteiger partial charge in [0, 0.05) is 11.8 Å². The Labute approximate surface area is 157 Å². The number of benzene rings is 2. The zero-order valence-electron chi connectivity index (χ0n) is 14.8. The van der Waals surface area contributed by atoms with E-state index in [4.69, 9.17) is 14.7 Å². The van der Waals surface area contributed by atoms with E-state index in [2.05, 4.69) is 26.7 Å². The predicted octanol–water partition coefficient (Wildman–Crippen LogP) is 3.59. The Kier molecular flexibility index (Phi) is 6.04. The van der Waals surface area contributed by atoms with Crippen LogP contribution >= 0.6 is 0 Å². The summed E-state index contributed by atoms with van der Waals surface area (Å²) in [5, 5.41) is 15.2. The molecule has 0 amide bonds. The van der Waals surface area contributed by atoms with Crippen molar-refractivity contribution in [3.8, 4) is 17.6 Å². The number of nitriles is 1. The molecule has 2 N–H and O–H groups in total. The third-order valence-corrected chi connectivity index (χ3v) is 3.69. The van der Waals surface area contributed by atoms with Crippen molar-refractivity contribution in [2.75, 3.05) is 30.9 Å². The second-order valence-electron chi connectivity index (χ2n) is 5.55. The standard InChI is InChI=1S/C20H19N5O2/c1-26-17-6-8-18(9-7-17)27-11-10-22-19-12-20(24-14-23-19)25-16-4-2-15(13-21)3-5-16/h2-9,12,14H,10-11H2,1H3,(H2,22,23,24,25). The largest absolute Gasteiger partial charge is 0.497 e. The van der Waals surface area contributed by atoms with Gasteiger partial charge in [-0.2, -0.15) is 5.26 Å². The van der Waals surface area contributed by atoms with E-state index in [0.717, 1.165) is 17.2 Å². The summed E-state index contributed by atoms with van der Waals surface area (Å²) in [4.78, 5) is 8.40. The minimum Gasteiger partial charge on any atom is -0.497 e. The highest BCUT2D eigenvalue weighted by Gasteiger charge is 2.01. The van der Waals surface area contributed by atoms with Crippen LogP contribution in [0.25, 0.3) is 0 Å². The third kappa shape index (κ3) is 5.34. The molecule has 1 aromatic heterocycles. The highest BCUT2D eigenvalue weighted by molar-refractivity contribution is 5.59. The first-order chi connectivity index (χ1) is 13.3. The predicted molar refractivity (Wildman–Crippen MR) is 103 cm³/mol. The number of hydrogen-bond donors (Lipinski definition) is 2. The lowest BCUT2D eigenvalue weighted by molar-refractivity contribution is 0.331. The molecule has 0 aliphatic carbocycles. The van der Waals surface area contributed by atoms with Crippen molar-refractivity contribution in [3.63, 3.8) is 0 Å². The first-order valence-electron chi connectivity index (χ1n) is 8.37. The lowest BCUT2D eigenvalue weighted by Gasteiger charge is -2.10. The fourth-order valence-electron chi connectivity index (χ4n) is 2.32. The minimum absolute atomic E-state index is 0.495. The molecular weight excluding hydrogens is 342 g/mol. The molecule has 0 saturated carbocycles. The van der Waals surface area contributed by atoms with Gasteiger partial charge in [0.05, 0.1) is 25.3 Å². The Morgan fingerprint density at radius 2 is 1.67 bits per heavy atom. The van der Waals surface area contributed by atoms with E-state index in [9.17, 15) is 0 Å². The van der Waals surface area contributed by atoms with E-state index < -0.39 is 0 Å². The van der Waals surface area contributed by atoms with Crippen LogP contribution in [0.2, 0.25) is 0 Å². The van der Waals surface area contributed by atoms with Crippen molar-refractivity contribution in [2.45, 2.75) is 0 Å². The minimum atomic E-state index is 0.495. The summed E-state index contributed by atoms with van der Waals surface area (Å²) in [5.74, 6) is 2.93. The maximum atomic E-state index is 8.84. The quantitative estimate of drug-likeness (QED) is 0.592. The van der Waals surface area contributed by atoms with Crippen LogP contribution in [-0.2, 0) is 0 Å². The van der Waals surface area contributed by atoms with Gasteiger partial charge < -0.3 is 20.1 Å². The highest BCUT2D eigenvalue weighted by Crippen LogP contribution is 2.18. The number of aromatic nitrogens is 2. The molecule has 7 nitrogen and oxygen atoms in total. The van der Waals surface area contributed by atoms with Gasteiger partial charge in [0.15, 0.2) is 0 Å². The van der Waals surface area contributed by atoms with Gasteiger partial charge in [0.2, 0.25) is 0 Å². The highest BCUT2D eigenvalue weighted by atomic mass is 16.5. The van der Waals surface area contributed by atoms with Gasteiger partial charge in [-0.05, 0) is 48.5 Å². The van der Waals surface area contributed by atoms with Gasteiger partial charge in [0.1, 0.15) is 36.1 Å². The van der Waals surface area contributed by atoms with Crippen LogP contribution in [0, 0.1) is 11.3 Å². The number of hydrogen-bond acceptors (Lipinski definition) is 7. The van der Waals surface area contributed by atoms with Gasteiger partial charge in [-0.1, -0.05) is 0 Å². The zero-order valence-corrected chi connectivity index (χ0v) is 14.8. The zero-order chi connectivity index (χ0) is 18.9. The van der Waals surface area contributed by atoms with Crippen LogP contribution < -0.4 is 20.1 Å². The molecule has 0 fully saturated rings. The summed E-state index contributed by atoms with van der Waals surface area (Å²) in [7, 11) is 1.63.